The standard InChI is InChI=1S/C46H70O12S/c1-10-19-49-34-28-37(52-22-13-4)43(38(29-34)53-23-14-5)59(58-46(47)48,44-39(54-24-15-6)30-35(50-20-11-2)31-40(44)55-25-16-7)45-41(56-26-17-8)32-36(51-21-12-3)33-42(45)57-27-18-9/h28-33H,10-27H2,1-9H3,(H,47,48). The molecule has 0 saturated heterocycles. The highest BCUT2D eigenvalue weighted by atomic mass is 32.3. The fourth-order valence-electron chi connectivity index (χ4n) is 5.87. The molecule has 0 aliphatic heterocycles. The molecule has 0 aromatic heterocycles. The van der Waals surface area contributed by atoms with E-state index in [0.29, 0.717) is 164 Å². The van der Waals surface area contributed by atoms with Gasteiger partial charge in [-0.05, 0) is 57.8 Å². The van der Waals surface area contributed by atoms with Gasteiger partial charge in [-0.25, -0.2) is 4.79 Å². The zero-order valence-electron chi connectivity index (χ0n) is 37.0. The molecular weight excluding hydrogens is 777 g/mol. The monoisotopic (exact) mass is 846 g/mol. The van der Waals surface area contributed by atoms with Crippen molar-refractivity contribution < 1.29 is 56.7 Å². The Morgan fingerprint density at radius 3 is 0.729 bits per heavy atom. The first-order chi connectivity index (χ1) is 28.7. The van der Waals surface area contributed by atoms with Crippen molar-refractivity contribution in [3.8, 4) is 51.7 Å². The Labute approximate surface area is 354 Å². The van der Waals surface area contributed by atoms with Crippen LogP contribution in [0.5, 0.6) is 51.7 Å². The molecule has 0 aliphatic carbocycles. The van der Waals surface area contributed by atoms with E-state index in [9.17, 15) is 9.90 Å². The van der Waals surface area contributed by atoms with Gasteiger partial charge < -0.3 is 51.9 Å². The number of benzene rings is 3. The van der Waals surface area contributed by atoms with E-state index in [-0.39, 0.29) is 0 Å². The van der Waals surface area contributed by atoms with Gasteiger partial charge in [-0.2, -0.15) is 0 Å². The molecule has 0 fully saturated rings. The number of rotatable bonds is 31. The van der Waals surface area contributed by atoms with E-state index < -0.39 is 16.5 Å². The van der Waals surface area contributed by atoms with Crippen molar-refractivity contribution in [2.24, 2.45) is 0 Å². The molecule has 0 heterocycles. The molecule has 59 heavy (non-hydrogen) atoms. The van der Waals surface area contributed by atoms with Crippen LogP contribution in [-0.4, -0.2) is 70.7 Å². The lowest BCUT2D eigenvalue weighted by atomic mass is 10.2. The summed E-state index contributed by atoms with van der Waals surface area (Å²) in [6.45, 7) is 21.2. The van der Waals surface area contributed by atoms with E-state index in [1.165, 1.54) is 0 Å². The fourth-order valence-corrected chi connectivity index (χ4v) is 9.35. The molecule has 0 amide bonds. The van der Waals surface area contributed by atoms with Crippen LogP contribution < -0.4 is 42.6 Å². The number of ether oxygens (including phenoxy) is 9. The molecule has 0 atom stereocenters. The van der Waals surface area contributed by atoms with Crippen molar-refractivity contribution in [1.82, 2.24) is 0 Å². The largest absolute Gasteiger partial charge is 0.517 e. The van der Waals surface area contributed by atoms with Crippen LogP contribution in [-0.2, 0) is 4.18 Å². The molecule has 3 aromatic rings. The third-order valence-corrected chi connectivity index (χ3v) is 11.6. The summed E-state index contributed by atoms with van der Waals surface area (Å²) in [6, 6.07) is 10.7. The van der Waals surface area contributed by atoms with E-state index in [0.717, 1.165) is 19.3 Å². The third kappa shape index (κ3) is 13.5. The van der Waals surface area contributed by atoms with Crippen LogP contribution in [0, 0.1) is 0 Å². The van der Waals surface area contributed by atoms with Gasteiger partial charge >= 0.3 is 6.16 Å². The summed E-state index contributed by atoms with van der Waals surface area (Å²) >= 11 is 0. The Morgan fingerprint density at radius 2 is 0.559 bits per heavy atom. The minimum Gasteiger partial charge on any atom is -0.493 e. The zero-order valence-corrected chi connectivity index (χ0v) is 37.9. The normalized spacial score (nSPS) is 11.4. The summed E-state index contributed by atoms with van der Waals surface area (Å²) < 4.78 is 65.4. The van der Waals surface area contributed by atoms with Gasteiger partial charge in [-0.3, -0.25) is 0 Å². The van der Waals surface area contributed by atoms with Crippen molar-refractivity contribution in [2.75, 3.05) is 59.5 Å². The van der Waals surface area contributed by atoms with Crippen LogP contribution in [0.1, 0.15) is 120 Å². The number of carboxylic acid groups (broad SMARTS) is 1. The second-order valence-corrected chi connectivity index (χ2v) is 16.3. The van der Waals surface area contributed by atoms with Gasteiger partial charge in [0.05, 0.1) is 59.5 Å². The van der Waals surface area contributed by atoms with Crippen molar-refractivity contribution in [2.45, 2.75) is 135 Å². The topological polar surface area (TPSA) is 130 Å². The van der Waals surface area contributed by atoms with E-state index in [1.54, 1.807) is 36.4 Å². The number of hydrogen-bond acceptors (Lipinski definition) is 11. The first kappa shape index (κ1) is 48.8. The Balaban J connectivity index is 2.91. The van der Waals surface area contributed by atoms with Crippen molar-refractivity contribution >= 4 is 16.5 Å². The Hall–Kier alpha value is -4.52. The van der Waals surface area contributed by atoms with Crippen LogP contribution in [0.4, 0.5) is 4.79 Å². The van der Waals surface area contributed by atoms with Gasteiger partial charge in [0, 0.05) is 46.7 Å². The molecule has 0 bridgehead atoms. The molecule has 0 spiro atoms. The number of hydrogen-bond donors (Lipinski definition) is 1. The molecular formula is C46H70O12S. The SMILES string of the molecule is CCCOc1cc(OCCC)c(S(OC(=O)O)(c2c(OCCC)cc(OCCC)cc2OCCC)c2c(OCCC)cc(OCCC)cc2OCCC)c(OCCC)c1. The van der Waals surface area contributed by atoms with E-state index in [1.807, 2.05) is 62.3 Å². The van der Waals surface area contributed by atoms with Gasteiger partial charge in [-0.15, -0.1) is 0 Å². The maximum atomic E-state index is 13.8. The molecule has 0 unspecified atom stereocenters. The van der Waals surface area contributed by atoms with Crippen LogP contribution in [0.2, 0.25) is 0 Å². The minimum absolute atomic E-state index is 0.296. The number of carbonyl (C=O) groups is 1. The van der Waals surface area contributed by atoms with Crippen molar-refractivity contribution in [3.05, 3.63) is 36.4 Å². The summed E-state index contributed by atoms with van der Waals surface area (Å²) in [7, 11) is -3.73. The predicted molar refractivity (Wildman–Crippen MR) is 233 cm³/mol. The second kappa shape index (κ2) is 26.6. The van der Waals surface area contributed by atoms with E-state index in [4.69, 9.17) is 46.8 Å². The summed E-state index contributed by atoms with van der Waals surface area (Å²) in [5.74, 6) is 3.36. The van der Waals surface area contributed by atoms with Crippen LogP contribution in [0.25, 0.3) is 0 Å². The van der Waals surface area contributed by atoms with E-state index >= 15 is 0 Å². The molecule has 3 aromatic carbocycles. The highest BCUT2D eigenvalue weighted by Crippen LogP contribution is 2.80. The molecule has 0 aliphatic rings. The van der Waals surface area contributed by atoms with Gasteiger partial charge in [0.2, 0.25) is 0 Å². The second-order valence-electron chi connectivity index (χ2n) is 13.8. The first-order valence-electron chi connectivity index (χ1n) is 21.7. The summed E-state index contributed by atoms with van der Waals surface area (Å²) in [4.78, 5) is 14.8. The predicted octanol–water partition coefficient (Wildman–Crippen LogP) is 12.7. The zero-order chi connectivity index (χ0) is 43.0. The minimum atomic E-state index is -3.73. The summed E-state index contributed by atoms with van der Waals surface area (Å²) in [5, 5.41) is 11.2. The molecule has 3 rings (SSSR count). The lowest BCUT2D eigenvalue weighted by Crippen LogP contribution is -2.19. The van der Waals surface area contributed by atoms with Gasteiger partial charge in [-0.1, -0.05) is 62.3 Å². The Kier molecular flexibility index (Phi) is 22.0. The smallest absolute Gasteiger partial charge is 0.493 e. The maximum Gasteiger partial charge on any atom is 0.517 e. The summed E-state index contributed by atoms with van der Waals surface area (Å²) in [5.41, 5.74) is 0. The molecule has 13 heteroatoms. The van der Waals surface area contributed by atoms with Gasteiger partial charge in [0.25, 0.3) is 0 Å². The first-order valence-corrected chi connectivity index (χ1v) is 23.2. The maximum absolute atomic E-state index is 13.8. The summed E-state index contributed by atoms with van der Waals surface area (Å²) in [6.07, 6.45) is 4.68. The highest BCUT2D eigenvalue weighted by molar-refractivity contribution is 8.30. The quantitative estimate of drug-likeness (QED) is 0.0661. The van der Waals surface area contributed by atoms with Crippen LogP contribution in [0.15, 0.2) is 51.1 Å². The Morgan fingerprint density at radius 1 is 0.373 bits per heavy atom. The lowest BCUT2D eigenvalue weighted by molar-refractivity contribution is 0.149. The highest BCUT2D eigenvalue weighted by Gasteiger charge is 2.50. The molecule has 0 saturated carbocycles. The van der Waals surface area contributed by atoms with Crippen molar-refractivity contribution in [3.63, 3.8) is 0 Å². The Bertz CT molecular complexity index is 1430. The molecule has 12 nitrogen and oxygen atoms in total. The van der Waals surface area contributed by atoms with E-state index in [2.05, 4.69) is 0 Å². The molecule has 0 radical (unpaired) electrons. The van der Waals surface area contributed by atoms with Crippen LogP contribution in [0.3, 0.4) is 0 Å². The van der Waals surface area contributed by atoms with Crippen molar-refractivity contribution in [1.29, 1.82) is 0 Å². The van der Waals surface area contributed by atoms with Crippen LogP contribution >= 0.6 is 10.3 Å². The van der Waals surface area contributed by atoms with Gasteiger partial charge in [0.1, 0.15) is 66.4 Å². The average molecular weight is 847 g/mol. The molecule has 332 valence electrons. The average Bonchev–Trinajstić information content (AvgIpc) is 3.23. The fraction of sp³-hybridized carbons (Fsp3) is 0.587. The van der Waals surface area contributed by atoms with Gasteiger partial charge in [0.15, 0.2) is 0 Å². The lowest BCUT2D eigenvalue weighted by Gasteiger charge is -2.42. The molecule has 1 N–H and O–H groups in total. The third-order valence-electron chi connectivity index (χ3n) is 8.23.